The van der Waals surface area contributed by atoms with Crippen molar-refractivity contribution in [3.63, 3.8) is 0 Å². The molecule has 0 unspecified atom stereocenters. The number of carbonyl (C=O) groups excluding carboxylic acids is 3. The normalized spacial score (nSPS) is 7.70. The summed E-state index contributed by atoms with van der Waals surface area (Å²) in [5.41, 5.74) is 0. The average molecular weight is 177 g/mol. The molecule has 0 saturated carbocycles. The van der Waals surface area contributed by atoms with Crippen molar-refractivity contribution in [2.45, 2.75) is 13.3 Å². The van der Waals surface area contributed by atoms with Crippen molar-refractivity contribution in [2.75, 3.05) is 0 Å². The fraction of sp³-hybridized carbons (Fsp3) is 0.400. The van der Waals surface area contributed by atoms with Crippen molar-refractivity contribution >= 4 is 17.5 Å². The number of ketones is 2. The van der Waals surface area contributed by atoms with Crippen LogP contribution in [0.25, 0.3) is 0 Å². The number of Topliss-reactive ketones (excluding diaryl/α,β-unsaturated/α-hetero) is 2. The van der Waals surface area contributed by atoms with E-state index in [4.69, 9.17) is 0 Å². The maximum Gasteiger partial charge on any atom is 0.185 e. The first-order chi connectivity index (χ1) is 4.04. The zero-order valence-electron chi connectivity index (χ0n) is 5.34. The first kappa shape index (κ1) is 12.2. The van der Waals surface area contributed by atoms with E-state index in [1.165, 1.54) is 0 Å². The molecule has 10 heavy (non-hydrogen) atoms. The van der Waals surface area contributed by atoms with Gasteiger partial charge < -0.3 is 9.90 Å². The first-order valence-corrected chi connectivity index (χ1v) is 2.27. The molecule has 0 spiro atoms. The zero-order valence-corrected chi connectivity index (χ0v) is 6.90. The smallest absolute Gasteiger partial charge is 0.185 e. The standard InChI is InChI=1S/C5H6O4.Ti/c1-3(6)2-4(7)5(8)9;/h2H2,1H3,(H,8,9);/p-1. The summed E-state index contributed by atoms with van der Waals surface area (Å²) < 4.78 is 0. The minimum atomic E-state index is -1.80. The molecule has 4 nitrogen and oxygen atoms in total. The van der Waals surface area contributed by atoms with E-state index >= 15 is 0 Å². The van der Waals surface area contributed by atoms with Gasteiger partial charge in [0.05, 0.1) is 6.42 Å². The summed E-state index contributed by atoms with van der Waals surface area (Å²) in [6.07, 6.45) is -0.567. The van der Waals surface area contributed by atoms with Gasteiger partial charge in [0, 0.05) is 21.7 Å². The Kier molecular flexibility index (Phi) is 6.50. The van der Waals surface area contributed by atoms with E-state index in [-0.39, 0.29) is 21.7 Å². The van der Waals surface area contributed by atoms with Crippen LogP contribution in [-0.2, 0) is 36.1 Å². The fourth-order valence-corrected chi connectivity index (χ4v) is 0.298. The molecule has 0 radical (unpaired) electrons. The van der Waals surface area contributed by atoms with Crippen molar-refractivity contribution < 1.29 is 41.2 Å². The van der Waals surface area contributed by atoms with Crippen LogP contribution in [0.2, 0.25) is 0 Å². The van der Waals surface area contributed by atoms with Crippen LogP contribution >= 0.6 is 0 Å². The monoisotopic (exact) mass is 177 g/mol. The maximum absolute atomic E-state index is 10.1. The first-order valence-electron chi connectivity index (χ1n) is 2.27. The molecule has 0 bridgehead atoms. The molecule has 0 aromatic heterocycles. The van der Waals surface area contributed by atoms with E-state index in [9.17, 15) is 19.5 Å². The van der Waals surface area contributed by atoms with Gasteiger partial charge in [0.2, 0.25) is 0 Å². The average Bonchev–Trinajstić information content (AvgIpc) is 1.63. The van der Waals surface area contributed by atoms with E-state index < -0.39 is 24.0 Å². The van der Waals surface area contributed by atoms with Crippen LogP contribution in [0.15, 0.2) is 0 Å². The number of aliphatic carboxylic acids is 1. The van der Waals surface area contributed by atoms with Gasteiger partial charge in [-0.2, -0.15) is 0 Å². The number of carboxylic acids is 1. The molecule has 0 N–H and O–H groups in total. The third-order valence-corrected chi connectivity index (χ3v) is 0.637. The van der Waals surface area contributed by atoms with Gasteiger partial charge in [-0.15, -0.1) is 0 Å². The quantitative estimate of drug-likeness (QED) is 0.292. The molecule has 0 atom stereocenters. The predicted molar refractivity (Wildman–Crippen MR) is 25.3 cm³/mol. The SMILES string of the molecule is CC(=O)CC(=O)C(=O)[O-].[Ti]. The van der Waals surface area contributed by atoms with E-state index in [2.05, 4.69) is 0 Å². The minimum absolute atomic E-state index is 0. The molecular weight excluding hydrogens is 172 g/mol. The molecule has 0 aliphatic carbocycles. The molecule has 0 aromatic carbocycles. The van der Waals surface area contributed by atoms with Crippen LogP contribution in [0.5, 0.6) is 0 Å². The van der Waals surface area contributed by atoms with Crippen LogP contribution in [0.3, 0.4) is 0 Å². The largest absolute Gasteiger partial charge is 0.542 e. The Morgan fingerprint density at radius 2 is 1.70 bits per heavy atom. The third kappa shape index (κ3) is 5.66. The topological polar surface area (TPSA) is 74.3 Å². The van der Waals surface area contributed by atoms with Crippen molar-refractivity contribution in [2.24, 2.45) is 0 Å². The second-order valence-electron chi connectivity index (χ2n) is 1.59. The second kappa shape index (κ2) is 5.32. The van der Waals surface area contributed by atoms with Crippen molar-refractivity contribution in [3.05, 3.63) is 0 Å². The van der Waals surface area contributed by atoms with Crippen LogP contribution in [-0.4, -0.2) is 17.5 Å². The third-order valence-electron chi connectivity index (χ3n) is 0.637. The van der Waals surface area contributed by atoms with Crippen LogP contribution < -0.4 is 5.11 Å². The Balaban J connectivity index is 0. The Hall–Kier alpha value is -0.476. The second-order valence-corrected chi connectivity index (χ2v) is 1.59. The van der Waals surface area contributed by atoms with Crippen LogP contribution in [0, 0.1) is 0 Å². The molecular formula is C5H5O4Ti-. The van der Waals surface area contributed by atoms with Gasteiger partial charge in [-0.25, -0.2) is 0 Å². The summed E-state index contributed by atoms with van der Waals surface area (Å²) in [5, 5.41) is 9.62. The molecule has 54 valence electrons. The van der Waals surface area contributed by atoms with Crippen molar-refractivity contribution in [1.29, 1.82) is 0 Å². The maximum atomic E-state index is 10.1. The summed E-state index contributed by atoms with van der Waals surface area (Å²) in [7, 11) is 0. The number of rotatable bonds is 3. The van der Waals surface area contributed by atoms with Gasteiger partial charge in [0.15, 0.2) is 5.78 Å². The predicted octanol–water partition coefficient (Wildman–Crippen LogP) is -1.72. The van der Waals surface area contributed by atoms with E-state index in [0.717, 1.165) is 6.92 Å². The van der Waals surface area contributed by atoms with E-state index in [1.807, 2.05) is 0 Å². The van der Waals surface area contributed by atoms with Crippen LogP contribution in [0.1, 0.15) is 13.3 Å². The van der Waals surface area contributed by atoms with Gasteiger partial charge in [-0.3, -0.25) is 9.59 Å². The summed E-state index contributed by atoms with van der Waals surface area (Å²) in [4.78, 5) is 29.7. The summed E-state index contributed by atoms with van der Waals surface area (Å²) in [6.45, 7) is 1.14. The Bertz CT molecular complexity index is 163. The Morgan fingerprint density at radius 3 is 1.80 bits per heavy atom. The number of carboxylic acid groups (broad SMARTS) is 1. The van der Waals surface area contributed by atoms with E-state index in [1.54, 1.807) is 0 Å². The number of hydrogen-bond acceptors (Lipinski definition) is 4. The molecule has 0 aliphatic heterocycles. The zero-order chi connectivity index (χ0) is 7.44. The Labute approximate surface area is 72.5 Å². The summed E-state index contributed by atoms with van der Waals surface area (Å²) >= 11 is 0. The Morgan fingerprint density at radius 1 is 1.30 bits per heavy atom. The van der Waals surface area contributed by atoms with Crippen molar-refractivity contribution in [1.82, 2.24) is 0 Å². The molecule has 0 aromatic rings. The number of carbonyl (C=O) groups is 3. The van der Waals surface area contributed by atoms with Crippen LogP contribution in [0.4, 0.5) is 0 Å². The molecule has 5 heteroatoms. The van der Waals surface area contributed by atoms with Gasteiger partial charge in [-0.1, -0.05) is 0 Å². The van der Waals surface area contributed by atoms with Gasteiger partial charge in [-0.05, 0) is 6.92 Å². The van der Waals surface area contributed by atoms with Gasteiger partial charge in [0.25, 0.3) is 0 Å². The summed E-state index contributed by atoms with van der Waals surface area (Å²) in [6, 6.07) is 0. The fourth-order valence-electron chi connectivity index (χ4n) is 0.298. The molecule has 0 rings (SSSR count). The summed E-state index contributed by atoms with van der Waals surface area (Å²) in [5.74, 6) is -3.43. The molecule has 0 heterocycles. The van der Waals surface area contributed by atoms with Gasteiger partial charge in [0.1, 0.15) is 11.8 Å². The molecule has 0 fully saturated rings. The van der Waals surface area contributed by atoms with Gasteiger partial charge >= 0.3 is 0 Å². The number of hydrogen-bond donors (Lipinski definition) is 0. The van der Waals surface area contributed by atoms with Crippen molar-refractivity contribution in [3.8, 4) is 0 Å². The molecule has 0 aliphatic rings. The van der Waals surface area contributed by atoms with E-state index in [0.29, 0.717) is 0 Å². The molecule has 0 saturated heterocycles. The molecule has 0 amide bonds. The minimum Gasteiger partial charge on any atom is -0.542 e.